The molecule has 1 aliphatic heterocycles. The summed E-state index contributed by atoms with van der Waals surface area (Å²) in [5, 5.41) is 0. The molecule has 2 heteroatoms. The van der Waals surface area contributed by atoms with Crippen molar-refractivity contribution in [2.45, 2.75) is 45.1 Å². The van der Waals surface area contributed by atoms with Crippen LogP contribution in [0.1, 0.15) is 39.5 Å². The van der Waals surface area contributed by atoms with E-state index in [1.54, 1.807) is 0 Å². The summed E-state index contributed by atoms with van der Waals surface area (Å²) >= 11 is 0. The fraction of sp³-hybridized carbons (Fsp3) is 0.900. The van der Waals surface area contributed by atoms with Gasteiger partial charge in [0.25, 0.3) is 0 Å². The van der Waals surface area contributed by atoms with E-state index >= 15 is 0 Å². The van der Waals surface area contributed by atoms with Gasteiger partial charge in [-0.15, -0.1) is 0 Å². The summed E-state index contributed by atoms with van der Waals surface area (Å²) in [6.07, 6.45) is 4.27. The van der Waals surface area contributed by atoms with Crippen LogP contribution in [-0.4, -0.2) is 22.9 Å². The molecule has 1 amide bonds. The van der Waals surface area contributed by atoms with Crippen molar-refractivity contribution in [3.8, 4) is 0 Å². The number of hydrogen-bond acceptors (Lipinski definition) is 1. The highest BCUT2D eigenvalue weighted by Crippen LogP contribution is 2.43. The smallest absolute Gasteiger partial charge is 0.223 e. The lowest BCUT2D eigenvalue weighted by molar-refractivity contribution is -0.137. The molecule has 1 heterocycles. The Morgan fingerprint density at radius 3 is 2.58 bits per heavy atom. The second-order valence-electron chi connectivity index (χ2n) is 4.66. The number of carbonyl (C=O) groups is 1. The van der Waals surface area contributed by atoms with E-state index < -0.39 is 0 Å². The van der Waals surface area contributed by atoms with Gasteiger partial charge in [-0.2, -0.15) is 0 Å². The maximum atomic E-state index is 11.4. The monoisotopic (exact) mass is 167 g/mol. The van der Waals surface area contributed by atoms with E-state index in [0.717, 1.165) is 25.3 Å². The van der Waals surface area contributed by atoms with E-state index in [9.17, 15) is 4.79 Å². The second kappa shape index (κ2) is 2.48. The number of hydrogen-bond donors (Lipinski definition) is 0. The Kier molecular flexibility index (Phi) is 1.67. The fourth-order valence-corrected chi connectivity index (χ4v) is 2.88. The molecule has 0 atom stereocenters. The van der Waals surface area contributed by atoms with Crippen molar-refractivity contribution in [2.75, 3.05) is 6.54 Å². The summed E-state index contributed by atoms with van der Waals surface area (Å²) in [5.74, 6) is 1.20. The molecule has 2 nitrogen and oxygen atoms in total. The third-order valence-electron chi connectivity index (χ3n) is 3.30. The molecule has 1 saturated heterocycles. The van der Waals surface area contributed by atoms with Crippen LogP contribution in [0.5, 0.6) is 0 Å². The highest BCUT2D eigenvalue weighted by molar-refractivity contribution is 5.79. The Balaban J connectivity index is 2.04. The van der Waals surface area contributed by atoms with Gasteiger partial charge in [-0.1, -0.05) is 6.92 Å². The molecule has 12 heavy (non-hydrogen) atoms. The molecular weight excluding hydrogens is 150 g/mol. The third kappa shape index (κ3) is 1.05. The van der Waals surface area contributed by atoms with Gasteiger partial charge in [0, 0.05) is 18.5 Å². The van der Waals surface area contributed by atoms with E-state index in [4.69, 9.17) is 0 Å². The van der Waals surface area contributed by atoms with Crippen molar-refractivity contribution in [2.24, 2.45) is 5.92 Å². The number of rotatable bonds is 1. The summed E-state index contributed by atoms with van der Waals surface area (Å²) in [5.41, 5.74) is 0.229. The Labute approximate surface area is 73.9 Å². The van der Waals surface area contributed by atoms with Crippen molar-refractivity contribution in [3.63, 3.8) is 0 Å². The predicted molar refractivity (Wildman–Crippen MR) is 47.8 cm³/mol. The van der Waals surface area contributed by atoms with Gasteiger partial charge in [0.15, 0.2) is 0 Å². The number of likely N-dealkylation sites (tertiary alicyclic amines) is 1. The SMILES string of the molecule is CC1CC(C)(N2CCCC2=O)C1. The molecule has 1 saturated carbocycles. The zero-order valence-electron chi connectivity index (χ0n) is 7.97. The van der Waals surface area contributed by atoms with Gasteiger partial charge in [-0.25, -0.2) is 0 Å². The lowest BCUT2D eigenvalue weighted by Crippen LogP contribution is -2.55. The lowest BCUT2D eigenvalue weighted by atomic mass is 9.69. The quantitative estimate of drug-likeness (QED) is 0.583. The standard InChI is InChI=1S/C10H17NO/c1-8-6-10(2,7-8)11-5-3-4-9(11)12/h8H,3-7H2,1-2H3. The van der Waals surface area contributed by atoms with Gasteiger partial charge >= 0.3 is 0 Å². The summed E-state index contributed by atoms with van der Waals surface area (Å²) < 4.78 is 0. The van der Waals surface area contributed by atoms with Gasteiger partial charge in [0.2, 0.25) is 5.91 Å². The summed E-state index contributed by atoms with van der Waals surface area (Å²) in [6, 6.07) is 0. The van der Waals surface area contributed by atoms with Crippen LogP contribution in [0.25, 0.3) is 0 Å². The van der Waals surface area contributed by atoms with Crippen LogP contribution >= 0.6 is 0 Å². The first-order chi connectivity index (χ1) is 5.62. The van der Waals surface area contributed by atoms with Crippen molar-refractivity contribution in [1.29, 1.82) is 0 Å². The largest absolute Gasteiger partial charge is 0.337 e. The Hall–Kier alpha value is -0.530. The van der Waals surface area contributed by atoms with Crippen LogP contribution in [0.15, 0.2) is 0 Å². The Bertz CT molecular complexity index is 206. The maximum absolute atomic E-state index is 11.4. The molecule has 2 rings (SSSR count). The Morgan fingerprint density at radius 1 is 1.50 bits per heavy atom. The molecule has 0 bridgehead atoms. The first-order valence-corrected chi connectivity index (χ1v) is 4.92. The zero-order chi connectivity index (χ0) is 8.77. The molecule has 0 radical (unpaired) electrons. The van der Waals surface area contributed by atoms with Crippen molar-refractivity contribution in [3.05, 3.63) is 0 Å². The number of nitrogens with zero attached hydrogens (tertiary/aromatic N) is 1. The predicted octanol–water partition coefficient (Wildman–Crippen LogP) is 1.80. The minimum Gasteiger partial charge on any atom is -0.337 e. The van der Waals surface area contributed by atoms with E-state index in [0.29, 0.717) is 5.91 Å². The average molecular weight is 167 g/mol. The molecule has 0 aromatic rings. The molecule has 2 aliphatic rings. The van der Waals surface area contributed by atoms with Crippen LogP contribution in [0.4, 0.5) is 0 Å². The van der Waals surface area contributed by atoms with E-state index in [1.807, 2.05) is 0 Å². The van der Waals surface area contributed by atoms with Crippen LogP contribution < -0.4 is 0 Å². The molecular formula is C10H17NO. The fourth-order valence-electron chi connectivity index (χ4n) is 2.88. The van der Waals surface area contributed by atoms with Gasteiger partial charge in [0.1, 0.15) is 0 Å². The van der Waals surface area contributed by atoms with Gasteiger partial charge in [0.05, 0.1) is 0 Å². The van der Waals surface area contributed by atoms with E-state index in [2.05, 4.69) is 18.7 Å². The van der Waals surface area contributed by atoms with E-state index in [1.165, 1.54) is 12.8 Å². The van der Waals surface area contributed by atoms with Crippen LogP contribution in [-0.2, 0) is 4.79 Å². The molecule has 2 fully saturated rings. The topological polar surface area (TPSA) is 20.3 Å². The number of carbonyl (C=O) groups excluding carboxylic acids is 1. The summed E-state index contributed by atoms with van der Waals surface area (Å²) in [7, 11) is 0. The van der Waals surface area contributed by atoms with Gasteiger partial charge < -0.3 is 4.90 Å². The zero-order valence-corrected chi connectivity index (χ0v) is 7.97. The molecule has 0 spiro atoms. The third-order valence-corrected chi connectivity index (χ3v) is 3.30. The minimum atomic E-state index is 0.229. The van der Waals surface area contributed by atoms with Crippen molar-refractivity contribution in [1.82, 2.24) is 4.90 Å². The van der Waals surface area contributed by atoms with Crippen LogP contribution in [0.3, 0.4) is 0 Å². The molecule has 0 aromatic heterocycles. The molecule has 1 aliphatic carbocycles. The van der Waals surface area contributed by atoms with Crippen molar-refractivity contribution >= 4 is 5.91 Å². The molecule has 0 unspecified atom stereocenters. The second-order valence-corrected chi connectivity index (χ2v) is 4.66. The highest BCUT2D eigenvalue weighted by Gasteiger charge is 2.45. The van der Waals surface area contributed by atoms with Gasteiger partial charge in [-0.3, -0.25) is 4.79 Å². The molecule has 0 N–H and O–H groups in total. The average Bonchev–Trinajstić information content (AvgIpc) is 2.32. The van der Waals surface area contributed by atoms with Crippen molar-refractivity contribution < 1.29 is 4.79 Å². The van der Waals surface area contributed by atoms with E-state index in [-0.39, 0.29) is 5.54 Å². The Morgan fingerprint density at radius 2 is 2.17 bits per heavy atom. The highest BCUT2D eigenvalue weighted by atomic mass is 16.2. The number of amides is 1. The first-order valence-electron chi connectivity index (χ1n) is 4.92. The first kappa shape index (κ1) is 8.09. The lowest BCUT2D eigenvalue weighted by Gasteiger charge is -2.50. The maximum Gasteiger partial charge on any atom is 0.223 e. The van der Waals surface area contributed by atoms with Gasteiger partial charge in [-0.05, 0) is 32.1 Å². The van der Waals surface area contributed by atoms with Crippen LogP contribution in [0.2, 0.25) is 0 Å². The van der Waals surface area contributed by atoms with Crippen LogP contribution in [0, 0.1) is 5.92 Å². The molecule has 68 valence electrons. The summed E-state index contributed by atoms with van der Waals surface area (Å²) in [4.78, 5) is 13.6. The normalized spacial score (nSPS) is 41.7. The summed E-state index contributed by atoms with van der Waals surface area (Å²) in [6.45, 7) is 5.50. The molecule has 0 aromatic carbocycles. The minimum absolute atomic E-state index is 0.229.